The van der Waals surface area contributed by atoms with E-state index < -0.39 is 5.82 Å². The molecule has 19 heavy (non-hydrogen) atoms. The molecule has 0 spiro atoms. The molecular weight excluding hydrogens is 285 g/mol. The molecule has 0 fully saturated rings. The van der Waals surface area contributed by atoms with Crippen LogP contribution in [0.3, 0.4) is 0 Å². The lowest BCUT2D eigenvalue weighted by atomic mass is 10.2. The quantitative estimate of drug-likeness (QED) is 0.850. The van der Waals surface area contributed by atoms with E-state index in [1.807, 2.05) is 0 Å². The van der Waals surface area contributed by atoms with Crippen molar-refractivity contribution in [3.05, 3.63) is 52.4 Å². The van der Waals surface area contributed by atoms with Gasteiger partial charge in [-0.25, -0.2) is 9.37 Å². The minimum absolute atomic E-state index is 0.0484. The maximum absolute atomic E-state index is 13.8. The summed E-state index contributed by atoms with van der Waals surface area (Å²) < 4.78 is 13.8. The first kappa shape index (κ1) is 13.7. The zero-order valence-corrected chi connectivity index (χ0v) is 11.6. The van der Waals surface area contributed by atoms with E-state index in [1.54, 1.807) is 31.2 Å². The molecule has 0 radical (unpaired) electrons. The largest absolute Gasteiger partial charge is 0.389 e. The third kappa shape index (κ3) is 3.19. The van der Waals surface area contributed by atoms with Crippen LogP contribution in [0.2, 0.25) is 5.02 Å². The lowest BCUT2D eigenvalue weighted by molar-refractivity contribution is 0.632. The summed E-state index contributed by atoms with van der Waals surface area (Å²) in [7, 11) is 0. The monoisotopic (exact) mass is 295 g/mol. The molecular formula is C13H11ClFN3S. The van der Waals surface area contributed by atoms with Crippen LogP contribution >= 0.6 is 23.8 Å². The average molecular weight is 296 g/mol. The number of pyridine rings is 1. The van der Waals surface area contributed by atoms with Gasteiger partial charge in [0.25, 0.3) is 0 Å². The number of aromatic nitrogens is 1. The summed E-state index contributed by atoms with van der Waals surface area (Å²) in [6.07, 6.45) is 0. The number of hydrogen-bond donors (Lipinski definition) is 2. The summed E-state index contributed by atoms with van der Waals surface area (Å²) in [5.74, 6) is -0.0617. The Morgan fingerprint density at radius 2 is 2.16 bits per heavy atom. The zero-order chi connectivity index (χ0) is 14.0. The highest BCUT2D eigenvalue weighted by Crippen LogP contribution is 2.25. The van der Waals surface area contributed by atoms with E-state index in [-0.39, 0.29) is 15.7 Å². The second-order valence-electron chi connectivity index (χ2n) is 3.97. The minimum Gasteiger partial charge on any atom is -0.389 e. The van der Waals surface area contributed by atoms with Crippen molar-refractivity contribution in [3.63, 3.8) is 0 Å². The standard InChI is InChI=1S/C13H11ClFN3S/c1-7-5-8(13(16)19)6-11(17-7)18-10-4-2-3-9(14)12(10)15/h2-6H,1H3,(H2,16,19)(H,17,18). The SMILES string of the molecule is Cc1cc(C(N)=S)cc(Nc2cccc(Cl)c2F)n1. The molecule has 6 heteroatoms. The molecule has 0 saturated heterocycles. The van der Waals surface area contributed by atoms with Crippen molar-refractivity contribution in [2.45, 2.75) is 6.92 Å². The van der Waals surface area contributed by atoms with Crippen molar-refractivity contribution < 1.29 is 4.39 Å². The van der Waals surface area contributed by atoms with Gasteiger partial charge in [0.15, 0.2) is 5.82 Å². The number of benzene rings is 1. The number of anilines is 2. The third-order valence-electron chi connectivity index (χ3n) is 2.45. The van der Waals surface area contributed by atoms with E-state index in [2.05, 4.69) is 10.3 Å². The molecule has 98 valence electrons. The molecule has 1 heterocycles. The van der Waals surface area contributed by atoms with Crippen molar-refractivity contribution in [2.75, 3.05) is 5.32 Å². The molecule has 3 N–H and O–H groups in total. The Labute approximate surface area is 120 Å². The van der Waals surface area contributed by atoms with E-state index >= 15 is 0 Å². The second-order valence-corrected chi connectivity index (χ2v) is 4.82. The van der Waals surface area contributed by atoms with Gasteiger partial charge < -0.3 is 11.1 Å². The molecule has 3 nitrogen and oxygen atoms in total. The van der Waals surface area contributed by atoms with Gasteiger partial charge in [-0.15, -0.1) is 0 Å². The Kier molecular flexibility index (Phi) is 3.97. The van der Waals surface area contributed by atoms with Gasteiger partial charge in [0.1, 0.15) is 10.8 Å². The van der Waals surface area contributed by atoms with Crippen LogP contribution in [0.1, 0.15) is 11.3 Å². The number of nitrogens with one attached hydrogen (secondary N) is 1. The van der Waals surface area contributed by atoms with Gasteiger partial charge in [-0.2, -0.15) is 0 Å². The molecule has 1 aromatic carbocycles. The van der Waals surface area contributed by atoms with E-state index in [1.165, 1.54) is 6.07 Å². The minimum atomic E-state index is -0.524. The molecule has 2 rings (SSSR count). The fraction of sp³-hybridized carbons (Fsp3) is 0.0769. The third-order valence-corrected chi connectivity index (χ3v) is 2.98. The van der Waals surface area contributed by atoms with Gasteiger partial charge in [0.05, 0.1) is 10.7 Å². The van der Waals surface area contributed by atoms with Crippen LogP contribution in [0.15, 0.2) is 30.3 Å². The smallest absolute Gasteiger partial charge is 0.165 e. The number of aryl methyl sites for hydroxylation is 1. The highest BCUT2D eigenvalue weighted by Gasteiger charge is 2.08. The Bertz CT molecular complexity index is 646. The molecule has 0 aliphatic rings. The first-order valence-corrected chi connectivity index (χ1v) is 6.25. The summed E-state index contributed by atoms with van der Waals surface area (Å²) in [6, 6.07) is 8.13. The Morgan fingerprint density at radius 3 is 2.84 bits per heavy atom. The van der Waals surface area contributed by atoms with Crippen LogP contribution in [0, 0.1) is 12.7 Å². The molecule has 0 aliphatic carbocycles. The maximum atomic E-state index is 13.8. The van der Waals surface area contributed by atoms with Gasteiger partial charge >= 0.3 is 0 Å². The number of nitrogens with two attached hydrogens (primary N) is 1. The first-order chi connectivity index (χ1) is 8.97. The predicted molar refractivity (Wildman–Crippen MR) is 79.6 cm³/mol. The van der Waals surface area contributed by atoms with E-state index in [4.69, 9.17) is 29.6 Å². The van der Waals surface area contributed by atoms with Crippen molar-refractivity contribution >= 4 is 40.3 Å². The predicted octanol–water partition coefficient (Wildman–Crippen LogP) is 3.56. The van der Waals surface area contributed by atoms with Crippen LogP contribution in [-0.4, -0.2) is 9.97 Å². The van der Waals surface area contributed by atoms with E-state index in [0.717, 1.165) is 5.69 Å². The van der Waals surface area contributed by atoms with Crippen LogP contribution in [-0.2, 0) is 0 Å². The lowest BCUT2D eigenvalue weighted by Gasteiger charge is -2.10. The van der Waals surface area contributed by atoms with Crippen molar-refractivity contribution in [2.24, 2.45) is 5.73 Å². The normalized spacial score (nSPS) is 10.3. The summed E-state index contributed by atoms with van der Waals surface area (Å²) in [5, 5.41) is 2.91. The Hall–Kier alpha value is -1.72. The van der Waals surface area contributed by atoms with Crippen molar-refractivity contribution in [1.29, 1.82) is 0 Å². The number of rotatable bonds is 3. The fourth-order valence-electron chi connectivity index (χ4n) is 1.61. The molecule has 2 aromatic rings. The molecule has 0 bridgehead atoms. The number of hydrogen-bond acceptors (Lipinski definition) is 3. The van der Waals surface area contributed by atoms with Gasteiger partial charge in [-0.1, -0.05) is 29.9 Å². The first-order valence-electron chi connectivity index (χ1n) is 5.47. The zero-order valence-electron chi connectivity index (χ0n) is 10.1. The number of halogens is 2. The molecule has 0 amide bonds. The lowest BCUT2D eigenvalue weighted by Crippen LogP contribution is -2.11. The molecule has 0 unspecified atom stereocenters. The van der Waals surface area contributed by atoms with Crippen LogP contribution < -0.4 is 11.1 Å². The van der Waals surface area contributed by atoms with Crippen LogP contribution in [0.4, 0.5) is 15.9 Å². The second kappa shape index (κ2) is 5.50. The topological polar surface area (TPSA) is 50.9 Å². The van der Waals surface area contributed by atoms with Gasteiger partial charge in [-0.05, 0) is 31.2 Å². The molecule has 0 saturated carbocycles. The summed E-state index contributed by atoms with van der Waals surface area (Å²) in [6.45, 7) is 1.81. The van der Waals surface area contributed by atoms with E-state index in [9.17, 15) is 4.39 Å². The molecule has 1 aromatic heterocycles. The van der Waals surface area contributed by atoms with Gasteiger partial charge in [-0.3, -0.25) is 0 Å². The number of thiocarbonyl (C=S) groups is 1. The maximum Gasteiger partial charge on any atom is 0.165 e. The summed E-state index contributed by atoms with van der Waals surface area (Å²) in [5.41, 5.74) is 7.23. The Balaban J connectivity index is 2.38. The summed E-state index contributed by atoms with van der Waals surface area (Å²) >= 11 is 10.6. The highest BCUT2D eigenvalue weighted by atomic mass is 35.5. The molecule has 0 aliphatic heterocycles. The number of nitrogens with zero attached hydrogens (tertiary/aromatic N) is 1. The highest BCUT2D eigenvalue weighted by molar-refractivity contribution is 7.80. The van der Waals surface area contributed by atoms with Crippen LogP contribution in [0.25, 0.3) is 0 Å². The van der Waals surface area contributed by atoms with Gasteiger partial charge in [0.2, 0.25) is 0 Å². The van der Waals surface area contributed by atoms with Gasteiger partial charge in [0, 0.05) is 11.3 Å². The van der Waals surface area contributed by atoms with Crippen LogP contribution in [0.5, 0.6) is 0 Å². The summed E-state index contributed by atoms with van der Waals surface area (Å²) in [4.78, 5) is 4.51. The molecule has 0 atom stereocenters. The van der Waals surface area contributed by atoms with Crippen molar-refractivity contribution in [1.82, 2.24) is 4.98 Å². The average Bonchev–Trinajstić information content (AvgIpc) is 2.34. The van der Waals surface area contributed by atoms with E-state index in [0.29, 0.717) is 11.4 Å². The van der Waals surface area contributed by atoms with Crippen molar-refractivity contribution in [3.8, 4) is 0 Å². The Morgan fingerprint density at radius 1 is 1.42 bits per heavy atom. The fourth-order valence-corrected chi connectivity index (χ4v) is 1.91.